The summed E-state index contributed by atoms with van der Waals surface area (Å²) >= 11 is 0. The zero-order valence-corrected chi connectivity index (χ0v) is 22.1. The second-order valence-electron chi connectivity index (χ2n) is 9.75. The number of amides is 1. The van der Waals surface area contributed by atoms with Crippen LogP contribution in [0.1, 0.15) is 57.7 Å². The van der Waals surface area contributed by atoms with Gasteiger partial charge in [-0.05, 0) is 69.7 Å². The summed E-state index contributed by atoms with van der Waals surface area (Å²) in [5.74, 6) is 0.651. The fourth-order valence-corrected chi connectivity index (χ4v) is 3.96. The molecule has 0 aliphatic carbocycles. The highest BCUT2D eigenvalue weighted by molar-refractivity contribution is 5.81. The summed E-state index contributed by atoms with van der Waals surface area (Å²) in [5.41, 5.74) is 1.26. The molecule has 1 aliphatic rings. The molecule has 0 spiro atoms. The predicted octanol–water partition coefficient (Wildman–Crippen LogP) is 5.06. The molecule has 37 heavy (non-hydrogen) atoms. The van der Waals surface area contributed by atoms with Gasteiger partial charge in [-0.3, -0.25) is 0 Å². The second-order valence-corrected chi connectivity index (χ2v) is 9.75. The molecule has 1 N–H and O–H groups in total. The third kappa shape index (κ3) is 8.04. The van der Waals surface area contributed by atoms with E-state index in [-0.39, 0.29) is 12.2 Å². The minimum Gasteiger partial charge on any atom is -0.494 e. The van der Waals surface area contributed by atoms with Crippen molar-refractivity contribution in [3.8, 4) is 17.6 Å². The van der Waals surface area contributed by atoms with E-state index < -0.39 is 17.6 Å². The maximum Gasteiger partial charge on any atom is 0.410 e. The lowest BCUT2D eigenvalue weighted by Gasteiger charge is -2.33. The number of carbonyl (C=O) groups is 2. The number of carbonyl (C=O) groups excluding carboxylic acids is 2. The van der Waals surface area contributed by atoms with Crippen molar-refractivity contribution in [1.29, 1.82) is 5.26 Å². The van der Waals surface area contributed by atoms with Crippen LogP contribution in [-0.4, -0.2) is 55.5 Å². The second kappa shape index (κ2) is 12.3. The van der Waals surface area contributed by atoms with E-state index in [9.17, 15) is 9.59 Å². The lowest BCUT2D eigenvalue weighted by molar-refractivity contribution is -0.141. The van der Waals surface area contributed by atoms with Crippen molar-refractivity contribution >= 4 is 17.7 Å². The number of ether oxygens (including phenoxy) is 4. The lowest BCUT2D eigenvalue weighted by Crippen LogP contribution is -2.44. The van der Waals surface area contributed by atoms with Crippen LogP contribution in [-0.2, 0) is 14.3 Å². The number of nitrogens with one attached hydrogen (secondary N) is 1. The standard InChI is InChI=1S/C28H35N3O6/c1-6-35-23-15-20(25(26(32)34-5)30-21-9-7-19(18-29)8-10-21)16-24(17-23)36-22-11-13-31(14-12-22)27(33)37-28(2,3)4/h7-10,15-17,22,25,30H,6,11-14H2,1-5H3. The van der Waals surface area contributed by atoms with Gasteiger partial charge in [-0.15, -0.1) is 0 Å². The van der Waals surface area contributed by atoms with Gasteiger partial charge in [-0.1, -0.05) is 0 Å². The average Bonchev–Trinajstić information content (AvgIpc) is 2.86. The number of hydrogen-bond donors (Lipinski definition) is 1. The maximum atomic E-state index is 12.7. The predicted molar refractivity (Wildman–Crippen MR) is 139 cm³/mol. The molecule has 2 aromatic rings. The maximum absolute atomic E-state index is 12.7. The Bertz CT molecular complexity index is 1110. The Morgan fingerprint density at radius 1 is 1.11 bits per heavy atom. The van der Waals surface area contributed by atoms with Gasteiger partial charge < -0.3 is 29.2 Å². The molecule has 0 aromatic heterocycles. The van der Waals surface area contributed by atoms with Crippen LogP contribution < -0.4 is 14.8 Å². The first kappa shape index (κ1) is 27.7. The van der Waals surface area contributed by atoms with Crippen molar-refractivity contribution in [2.45, 2.75) is 58.3 Å². The van der Waals surface area contributed by atoms with Gasteiger partial charge in [-0.2, -0.15) is 5.26 Å². The van der Waals surface area contributed by atoms with Crippen LogP contribution in [0.5, 0.6) is 11.5 Å². The van der Waals surface area contributed by atoms with E-state index in [0.717, 1.165) is 0 Å². The molecule has 1 fully saturated rings. The van der Waals surface area contributed by atoms with E-state index in [2.05, 4.69) is 11.4 Å². The van der Waals surface area contributed by atoms with Crippen molar-refractivity contribution in [3.63, 3.8) is 0 Å². The Balaban J connectivity index is 1.77. The van der Waals surface area contributed by atoms with Gasteiger partial charge in [-0.25, -0.2) is 9.59 Å². The van der Waals surface area contributed by atoms with Crippen molar-refractivity contribution in [3.05, 3.63) is 53.6 Å². The van der Waals surface area contributed by atoms with Crippen molar-refractivity contribution in [2.75, 3.05) is 32.1 Å². The zero-order chi connectivity index (χ0) is 27.0. The Hall–Kier alpha value is -3.93. The molecule has 1 saturated heterocycles. The highest BCUT2D eigenvalue weighted by Crippen LogP contribution is 2.31. The number of esters is 1. The van der Waals surface area contributed by atoms with E-state index in [1.165, 1.54) is 7.11 Å². The summed E-state index contributed by atoms with van der Waals surface area (Å²) in [7, 11) is 1.33. The van der Waals surface area contributed by atoms with Crippen LogP contribution in [0.25, 0.3) is 0 Å². The van der Waals surface area contributed by atoms with Gasteiger partial charge in [0.15, 0.2) is 6.04 Å². The summed E-state index contributed by atoms with van der Waals surface area (Å²) in [6, 6.07) is 13.4. The van der Waals surface area contributed by atoms with E-state index in [4.69, 9.17) is 24.2 Å². The van der Waals surface area contributed by atoms with Gasteiger partial charge in [0.2, 0.25) is 0 Å². The zero-order valence-electron chi connectivity index (χ0n) is 22.1. The highest BCUT2D eigenvalue weighted by Gasteiger charge is 2.28. The van der Waals surface area contributed by atoms with E-state index in [0.29, 0.717) is 60.9 Å². The van der Waals surface area contributed by atoms with Crippen molar-refractivity contribution < 1.29 is 28.5 Å². The van der Waals surface area contributed by atoms with Crippen molar-refractivity contribution in [1.82, 2.24) is 4.90 Å². The third-order valence-electron chi connectivity index (χ3n) is 5.71. The SMILES string of the molecule is CCOc1cc(OC2CCN(C(=O)OC(C)(C)C)CC2)cc(C(Nc2ccc(C#N)cc2)C(=O)OC)c1. The molecule has 1 aliphatic heterocycles. The molecule has 0 bridgehead atoms. The summed E-state index contributed by atoms with van der Waals surface area (Å²) in [6.07, 6.45) is 0.877. The summed E-state index contributed by atoms with van der Waals surface area (Å²) in [4.78, 5) is 26.8. The molecule has 1 amide bonds. The van der Waals surface area contributed by atoms with E-state index in [1.807, 2.05) is 27.7 Å². The van der Waals surface area contributed by atoms with Crippen LogP contribution >= 0.6 is 0 Å². The Kier molecular flexibility index (Phi) is 9.23. The Labute approximate surface area is 218 Å². The van der Waals surface area contributed by atoms with Crippen LogP contribution in [0.2, 0.25) is 0 Å². The number of anilines is 1. The number of nitriles is 1. The van der Waals surface area contributed by atoms with Gasteiger partial charge in [0.25, 0.3) is 0 Å². The molecule has 0 saturated carbocycles. The molecule has 198 valence electrons. The molecular weight excluding hydrogens is 474 g/mol. The molecule has 9 heteroatoms. The number of rotatable bonds is 8. The fourth-order valence-electron chi connectivity index (χ4n) is 3.96. The van der Waals surface area contributed by atoms with Crippen LogP contribution in [0.4, 0.5) is 10.5 Å². The lowest BCUT2D eigenvalue weighted by atomic mass is 10.0. The number of benzene rings is 2. The van der Waals surface area contributed by atoms with Gasteiger partial charge in [0.1, 0.15) is 23.2 Å². The van der Waals surface area contributed by atoms with Crippen LogP contribution in [0.3, 0.4) is 0 Å². The Morgan fingerprint density at radius 3 is 2.32 bits per heavy atom. The molecule has 3 rings (SSSR count). The topological polar surface area (TPSA) is 110 Å². The molecule has 1 atom stereocenters. The third-order valence-corrected chi connectivity index (χ3v) is 5.71. The number of likely N-dealkylation sites (tertiary alicyclic amines) is 1. The first-order valence-electron chi connectivity index (χ1n) is 12.4. The van der Waals surface area contributed by atoms with E-state index in [1.54, 1.807) is 47.4 Å². The fraction of sp³-hybridized carbons (Fsp3) is 0.464. The Morgan fingerprint density at radius 2 is 1.76 bits per heavy atom. The summed E-state index contributed by atoms with van der Waals surface area (Å²) in [5, 5.41) is 12.2. The summed E-state index contributed by atoms with van der Waals surface area (Å²) < 4.78 is 22.6. The number of piperidine rings is 1. The largest absolute Gasteiger partial charge is 0.494 e. The van der Waals surface area contributed by atoms with Crippen molar-refractivity contribution in [2.24, 2.45) is 0 Å². The smallest absolute Gasteiger partial charge is 0.410 e. The normalized spacial score (nSPS) is 14.8. The van der Waals surface area contributed by atoms with Crippen LogP contribution in [0, 0.1) is 11.3 Å². The van der Waals surface area contributed by atoms with Gasteiger partial charge in [0, 0.05) is 37.7 Å². The number of methoxy groups -OCH3 is 1. The number of hydrogen-bond acceptors (Lipinski definition) is 8. The van der Waals surface area contributed by atoms with Crippen LogP contribution in [0.15, 0.2) is 42.5 Å². The molecular formula is C28H35N3O6. The number of nitrogens with zero attached hydrogens (tertiary/aromatic N) is 2. The highest BCUT2D eigenvalue weighted by atomic mass is 16.6. The first-order chi connectivity index (χ1) is 17.6. The molecule has 1 heterocycles. The minimum absolute atomic E-state index is 0.105. The summed E-state index contributed by atoms with van der Waals surface area (Å²) in [6.45, 7) is 8.94. The van der Waals surface area contributed by atoms with E-state index >= 15 is 0 Å². The molecule has 2 aromatic carbocycles. The minimum atomic E-state index is -0.824. The monoisotopic (exact) mass is 509 g/mol. The molecule has 0 radical (unpaired) electrons. The molecule has 1 unspecified atom stereocenters. The van der Waals surface area contributed by atoms with Gasteiger partial charge in [0.05, 0.1) is 25.3 Å². The quantitative estimate of drug-likeness (QED) is 0.492. The van der Waals surface area contributed by atoms with Gasteiger partial charge >= 0.3 is 12.1 Å². The average molecular weight is 510 g/mol. The first-order valence-corrected chi connectivity index (χ1v) is 12.4. The molecule has 9 nitrogen and oxygen atoms in total.